The first-order valence-corrected chi connectivity index (χ1v) is 6.03. The van der Waals surface area contributed by atoms with E-state index < -0.39 is 23.9 Å². The zero-order valence-electron chi connectivity index (χ0n) is 11.3. The Kier molecular flexibility index (Phi) is 5.90. The Bertz CT molecular complexity index is 561. The molecule has 1 rings (SSSR count). The number of carbonyl (C=O) groups is 2. The van der Waals surface area contributed by atoms with Crippen molar-refractivity contribution < 1.29 is 32.6 Å². The van der Waals surface area contributed by atoms with Crippen LogP contribution in [0, 0.1) is 0 Å². The lowest BCUT2D eigenvalue weighted by Gasteiger charge is -2.14. The minimum absolute atomic E-state index is 0.0434. The first-order chi connectivity index (χ1) is 10.3. The fraction of sp³-hybridized carbons (Fsp3) is 0.308. The number of amides is 1. The summed E-state index contributed by atoms with van der Waals surface area (Å²) in [4.78, 5) is 25.1. The van der Waals surface area contributed by atoms with Crippen molar-refractivity contribution in [1.82, 2.24) is 10.3 Å². The van der Waals surface area contributed by atoms with Gasteiger partial charge in [-0.1, -0.05) is 12.7 Å². The number of carboxylic acid groups (broad SMARTS) is 1. The molecule has 1 unspecified atom stereocenters. The number of pyridine rings is 1. The van der Waals surface area contributed by atoms with Crippen LogP contribution in [0.3, 0.4) is 0 Å². The van der Waals surface area contributed by atoms with Crippen LogP contribution in [-0.4, -0.2) is 35.1 Å². The maximum absolute atomic E-state index is 12.8. The molecular weight excluding hydrogens is 305 g/mol. The Morgan fingerprint density at radius 3 is 2.68 bits per heavy atom. The number of hydrogen-bond acceptors (Lipinski definition) is 4. The van der Waals surface area contributed by atoms with Gasteiger partial charge in [-0.15, -0.1) is 0 Å². The highest BCUT2D eigenvalue weighted by Gasteiger charge is 2.32. The fourth-order valence-corrected chi connectivity index (χ4v) is 1.56. The summed E-state index contributed by atoms with van der Waals surface area (Å²) in [5.41, 5.74) is -1.13. The third-order valence-corrected chi connectivity index (χ3v) is 2.43. The minimum Gasteiger partial charge on any atom is -0.473 e. The normalized spacial score (nSPS) is 12.3. The number of aldehydes is 1. The molecule has 0 radical (unpaired) electrons. The first kappa shape index (κ1) is 17.5. The van der Waals surface area contributed by atoms with E-state index in [0.717, 1.165) is 6.07 Å². The van der Waals surface area contributed by atoms with E-state index in [1.54, 1.807) is 0 Å². The minimum atomic E-state index is -4.62. The zero-order chi connectivity index (χ0) is 16.8. The van der Waals surface area contributed by atoms with Crippen LogP contribution in [-0.2, 0) is 17.4 Å². The van der Waals surface area contributed by atoms with Gasteiger partial charge in [-0.05, 0) is 6.07 Å². The van der Waals surface area contributed by atoms with Gasteiger partial charge >= 0.3 is 12.3 Å². The Morgan fingerprint density at radius 2 is 2.18 bits per heavy atom. The molecular formula is C13H13F3N2O4. The smallest absolute Gasteiger partial charge is 0.416 e. The first-order valence-electron chi connectivity index (χ1n) is 6.03. The SMILES string of the molecule is C=CCOc1cc(C(F)(F)F)cc(CC(C=O)NC(=O)O)n1. The van der Waals surface area contributed by atoms with Crippen LogP contribution in [0.4, 0.5) is 18.0 Å². The molecule has 2 N–H and O–H groups in total. The van der Waals surface area contributed by atoms with E-state index in [2.05, 4.69) is 11.6 Å². The molecule has 1 atom stereocenters. The summed E-state index contributed by atoms with van der Waals surface area (Å²) in [7, 11) is 0. The molecule has 6 nitrogen and oxygen atoms in total. The van der Waals surface area contributed by atoms with Crippen LogP contribution in [0.1, 0.15) is 11.3 Å². The highest BCUT2D eigenvalue weighted by Crippen LogP contribution is 2.31. The van der Waals surface area contributed by atoms with Crippen LogP contribution in [0.2, 0.25) is 0 Å². The number of nitrogens with zero attached hydrogens (tertiary/aromatic N) is 1. The molecule has 0 saturated carbocycles. The third-order valence-electron chi connectivity index (χ3n) is 2.43. The van der Waals surface area contributed by atoms with Crippen molar-refractivity contribution in [2.24, 2.45) is 0 Å². The van der Waals surface area contributed by atoms with Crippen LogP contribution in [0.15, 0.2) is 24.8 Å². The lowest BCUT2D eigenvalue weighted by Crippen LogP contribution is -2.36. The highest BCUT2D eigenvalue weighted by atomic mass is 19.4. The molecule has 0 aromatic carbocycles. The van der Waals surface area contributed by atoms with Crippen molar-refractivity contribution in [3.8, 4) is 5.88 Å². The van der Waals surface area contributed by atoms with Crippen molar-refractivity contribution in [2.45, 2.75) is 18.6 Å². The van der Waals surface area contributed by atoms with Gasteiger partial charge in [0, 0.05) is 18.2 Å². The molecule has 0 aliphatic heterocycles. The van der Waals surface area contributed by atoms with Gasteiger partial charge < -0.3 is 20.0 Å². The summed E-state index contributed by atoms with van der Waals surface area (Å²) in [5.74, 6) is -0.287. The summed E-state index contributed by atoms with van der Waals surface area (Å²) >= 11 is 0. The van der Waals surface area contributed by atoms with Crippen molar-refractivity contribution in [1.29, 1.82) is 0 Å². The van der Waals surface area contributed by atoms with Crippen LogP contribution >= 0.6 is 0 Å². The van der Waals surface area contributed by atoms with E-state index in [9.17, 15) is 22.8 Å². The van der Waals surface area contributed by atoms with Gasteiger partial charge in [0.05, 0.1) is 11.6 Å². The summed E-state index contributed by atoms with van der Waals surface area (Å²) in [5, 5.41) is 10.4. The van der Waals surface area contributed by atoms with E-state index in [4.69, 9.17) is 9.84 Å². The van der Waals surface area contributed by atoms with Crippen molar-refractivity contribution >= 4 is 12.4 Å². The molecule has 0 aliphatic rings. The number of alkyl halides is 3. The average molecular weight is 318 g/mol. The number of rotatable bonds is 7. The predicted octanol–water partition coefficient (Wildman–Crippen LogP) is 2.04. The van der Waals surface area contributed by atoms with Crippen LogP contribution in [0.25, 0.3) is 0 Å². The van der Waals surface area contributed by atoms with E-state index >= 15 is 0 Å². The number of carbonyl (C=O) groups excluding carboxylic acids is 1. The number of nitrogens with one attached hydrogen (secondary N) is 1. The third kappa shape index (κ3) is 5.43. The molecule has 9 heteroatoms. The molecule has 0 spiro atoms. The fourth-order valence-electron chi connectivity index (χ4n) is 1.56. The van der Waals surface area contributed by atoms with Gasteiger partial charge in [0.2, 0.25) is 5.88 Å². The van der Waals surface area contributed by atoms with Crippen molar-refractivity contribution in [3.05, 3.63) is 36.0 Å². The Hall–Kier alpha value is -2.58. The predicted molar refractivity (Wildman–Crippen MR) is 69.6 cm³/mol. The Morgan fingerprint density at radius 1 is 1.50 bits per heavy atom. The second kappa shape index (κ2) is 7.43. The Balaban J connectivity index is 3.08. The topological polar surface area (TPSA) is 88.5 Å². The van der Waals surface area contributed by atoms with Gasteiger partial charge in [0.1, 0.15) is 12.9 Å². The number of aromatic nitrogens is 1. The molecule has 0 saturated heterocycles. The zero-order valence-corrected chi connectivity index (χ0v) is 11.3. The molecule has 1 aromatic heterocycles. The lowest BCUT2D eigenvalue weighted by atomic mass is 10.1. The molecule has 120 valence electrons. The van der Waals surface area contributed by atoms with Gasteiger partial charge in [0.15, 0.2) is 0 Å². The van der Waals surface area contributed by atoms with Crippen LogP contribution in [0.5, 0.6) is 5.88 Å². The summed E-state index contributed by atoms with van der Waals surface area (Å²) in [6.07, 6.45) is -4.81. The van der Waals surface area contributed by atoms with Gasteiger partial charge in [-0.2, -0.15) is 13.2 Å². The molecule has 0 aliphatic carbocycles. The maximum Gasteiger partial charge on any atom is 0.416 e. The van der Waals surface area contributed by atoms with Gasteiger partial charge in [-0.3, -0.25) is 0 Å². The molecule has 1 heterocycles. The van der Waals surface area contributed by atoms with Gasteiger partial charge in [0.25, 0.3) is 0 Å². The lowest BCUT2D eigenvalue weighted by molar-refractivity contribution is -0.137. The molecule has 1 aromatic rings. The van der Waals surface area contributed by atoms with Crippen LogP contribution < -0.4 is 10.1 Å². The van der Waals surface area contributed by atoms with Crippen molar-refractivity contribution in [2.75, 3.05) is 6.61 Å². The molecule has 0 fully saturated rings. The Labute approximate surface area is 123 Å². The highest BCUT2D eigenvalue weighted by molar-refractivity contribution is 5.71. The molecule has 22 heavy (non-hydrogen) atoms. The quantitative estimate of drug-likeness (QED) is 0.593. The monoisotopic (exact) mass is 318 g/mol. The number of ether oxygens (including phenoxy) is 1. The summed E-state index contributed by atoms with van der Waals surface area (Å²) in [6, 6.07) is 0.245. The largest absolute Gasteiger partial charge is 0.473 e. The van der Waals surface area contributed by atoms with E-state index in [1.807, 2.05) is 5.32 Å². The van der Waals surface area contributed by atoms with E-state index in [1.165, 1.54) is 6.08 Å². The van der Waals surface area contributed by atoms with E-state index in [0.29, 0.717) is 6.07 Å². The molecule has 0 bridgehead atoms. The maximum atomic E-state index is 12.8. The van der Waals surface area contributed by atoms with Gasteiger partial charge in [-0.25, -0.2) is 9.78 Å². The second-order valence-corrected chi connectivity index (χ2v) is 4.18. The standard InChI is InChI=1S/C13H13F3N2O4/c1-2-3-22-11-5-8(13(14,15)16)4-9(17-11)6-10(7-19)18-12(20)21/h2,4-5,7,10,18H,1,3,6H2,(H,20,21). The summed E-state index contributed by atoms with van der Waals surface area (Å²) in [6.45, 7) is 3.32. The molecule has 1 amide bonds. The second-order valence-electron chi connectivity index (χ2n) is 4.18. The number of hydrogen-bond donors (Lipinski definition) is 2. The number of halogens is 3. The van der Waals surface area contributed by atoms with Crippen molar-refractivity contribution in [3.63, 3.8) is 0 Å². The summed E-state index contributed by atoms with van der Waals surface area (Å²) < 4.78 is 43.4. The van der Waals surface area contributed by atoms with E-state index in [-0.39, 0.29) is 30.9 Å². The average Bonchev–Trinajstić information content (AvgIpc) is 2.42.